The highest BCUT2D eigenvalue weighted by molar-refractivity contribution is 8.00. The van der Waals surface area contributed by atoms with Gasteiger partial charge in [-0.05, 0) is 39.8 Å². The smallest absolute Gasteiger partial charge is 0.321 e. The molecule has 2 aromatic rings. The molecule has 1 aromatic carbocycles. The average molecular weight is 408 g/mol. The second-order valence-electron chi connectivity index (χ2n) is 6.89. The number of hydrogen-bond acceptors (Lipinski definition) is 8. The molecule has 0 saturated heterocycles. The van der Waals surface area contributed by atoms with Crippen molar-refractivity contribution in [2.24, 2.45) is 0 Å². The van der Waals surface area contributed by atoms with Crippen molar-refractivity contribution in [2.75, 3.05) is 14.2 Å². The minimum atomic E-state index is -0.614. The van der Waals surface area contributed by atoms with Crippen molar-refractivity contribution in [3.05, 3.63) is 18.2 Å². The summed E-state index contributed by atoms with van der Waals surface area (Å²) in [6.45, 7) is 7.11. The first kappa shape index (κ1) is 21.5. The van der Waals surface area contributed by atoms with E-state index >= 15 is 0 Å². The van der Waals surface area contributed by atoms with Crippen molar-refractivity contribution in [3.8, 4) is 23.0 Å². The van der Waals surface area contributed by atoms with E-state index in [1.165, 1.54) is 7.11 Å². The van der Waals surface area contributed by atoms with E-state index in [0.29, 0.717) is 17.1 Å². The average Bonchev–Trinajstić information content (AvgIpc) is 3.07. The van der Waals surface area contributed by atoms with Gasteiger partial charge < -0.3 is 19.2 Å². The summed E-state index contributed by atoms with van der Waals surface area (Å²) in [6, 6.07) is 4.64. The molecule has 0 saturated carbocycles. The minimum Gasteiger partial charge on any atom is -0.497 e. The molecule has 1 heterocycles. The molecule has 0 unspecified atom stereocenters. The molecular formula is C18H24N4O5S. The SMILES string of the molecule is COc1ccc(-c2nnc(S[C@H](C)C(=O)NC(=O)NC(C)(C)C)o2)c(OC)c1. The van der Waals surface area contributed by atoms with Gasteiger partial charge in [0.1, 0.15) is 11.5 Å². The molecule has 0 aliphatic carbocycles. The number of imide groups is 1. The van der Waals surface area contributed by atoms with E-state index in [9.17, 15) is 9.59 Å². The van der Waals surface area contributed by atoms with Crippen molar-refractivity contribution in [1.29, 1.82) is 0 Å². The fourth-order valence-electron chi connectivity index (χ4n) is 2.13. The van der Waals surface area contributed by atoms with E-state index in [0.717, 1.165) is 11.8 Å². The van der Waals surface area contributed by atoms with E-state index in [-0.39, 0.29) is 11.1 Å². The zero-order chi connectivity index (χ0) is 20.9. The number of nitrogens with zero attached hydrogens (tertiary/aromatic N) is 2. The Hall–Kier alpha value is -2.75. The molecule has 0 fully saturated rings. The monoisotopic (exact) mass is 408 g/mol. The number of methoxy groups -OCH3 is 2. The van der Waals surface area contributed by atoms with Gasteiger partial charge in [0.25, 0.3) is 11.1 Å². The Morgan fingerprint density at radius 1 is 1.18 bits per heavy atom. The highest BCUT2D eigenvalue weighted by Gasteiger charge is 2.23. The number of rotatable bonds is 6. The first-order chi connectivity index (χ1) is 13.1. The van der Waals surface area contributed by atoms with E-state index in [1.54, 1.807) is 32.2 Å². The van der Waals surface area contributed by atoms with Crippen LogP contribution in [0.5, 0.6) is 11.5 Å². The number of nitrogens with one attached hydrogen (secondary N) is 2. The highest BCUT2D eigenvalue weighted by atomic mass is 32.2. The largest absolute Gasteiger partial charge is 0.497 e. The molecule has 0 radical (unpaired) electrons. The van der Waals surface area contributed by atoms with Crippen LogP contribution in [0.2, 0.25) is 0 Å². The van der Waals surface area contributed by atoms with Crippen LogP contribution < -0.4 is 20.1 Å². The zero-order valence-corrected chi connectivity index (χ0v) is 17.5. The summed E-state index contributed by atoms with van der Waals surface area (Å²) in [5, 5.41) is 12.5. The van der Waals surface area contributed by atoms with Gasteiger partial charge in [0.2, 0.25) is 5.91 Å². The first-order valence-electron chi connectivity index (χ1n) is 8.48. The molecule has 152 valence electrons. The fourth-order valence-corrected chi connectivity index (χ4v) is 2.81. The predicted octanol–water partition coefficient (Wildman–Crippen LogP) is 2.86. The zero-order valence-electron chi connectivity index (χ0n) is 16.7. The number of benzene rings is 1. The molecule has 28 heavy (non-hydrogen) atoms. The Morgan fingerprint density at radius 3 is 2.50 bits per heavy atom. The van der Waals surface area contributed by atoms with E-state index in [2.05, 4.69) is 20.8 Å². The van der Waals surface area contributed by atoms with Crippen LogP contribution in [0.3, 0.4) is 0 Å². The van der Waals surface area contributed by atoms with Crippen LogP contribution >= 0.6 is 11.8 Å². The summed E-state index contributed by atoms with van der Waals surface area (Å²) in [5.41, 5.74) is 0.156. The summed E-state index contributed by atoms with van der Waals surface area (Å²) >= 11 is 1.05. The molecule has 0 aliphatic heterocycles. The summed E-state index contributed by atoms with van der Waals surface area (Å²) in [4.78, 5) is 24.0. The molecule has 1 atom stereocenters. The standard InChI is InChI=1S/C18H24N4O5S/c1-10(14(23)19-16(24)20-18(2,3)4)28-17-22-21-15(27-17)12-8-7-11(25-5)9-13(12)26-6/h7-10H,1-6H3,(H2,19,20,23,24)/t10-/m1/s1. The van der Waals surface area contributed by atoms with E-state index < -0.39 is 22.7 Å². The van der Waals surface area contributed by atoms with Gasteiger partial charge in [0.15, 0.2) is 0 Å². The second-order valence-corrected chi connectivity index (χ2v) is 8.18. The number of ether oxygens (including phenoxy) is 2. The highest BCUT2D eigenvalue weighted by Crippen LogP contribution is 2.34. The second kappa shape index (κ2) is 8.96. The van der Waals surface area contributed by atoms with Gasteiger partial charge >= 0.3 is 6.03 Å². The van der Waals surface area contributed by atoms with Crippen molar-refractivity contribution in [3.63, 3.8) is 0 Å². The minimum absolute atomic E-state index is 0.201. The van der Waals surface area contributed by atoms with Crippen LogP contribution in [-0.4, -0.2) is 47.1 Å². The number of urea groups is 1. The normalized spacial score (nSPS) is 12.2. The maximum atomic E-state index is 12.2. The number of carbonyl (C=O) groups is 2. The number of amides is 3. The van der Waals surface area contributed by atoms with Gasteiger partial charge in [-0.2, -0.15) is 0 Å². The third-order valence-corrected chi connectivity index (χ3v) is 4.35. The Labute approximate surface area is 167 Å². The third-order valence-electron chi connectivity index (χ3n) is 3.42. The maximum absolute atomic E-state index is 12.2. The topological polar surface area (TPSA) is 116 Å². The number of thioether (sulfide) groups is 1. The lowest BCUT2D eigenvalue weighted by molar-refractivity contribution is -0.119. The predicted molar refractivity (Wildman–Crippen MR) is 105 cm³/mol. The van der Waals surface area contributed by atoms with Crippen LogP contribution in [0.15, 0.2) is 27.8 Å². The van der Waals surface area contributed by atoms with E-state index in [1.807, 2.05) is 20.8 Å². The van der Waals surface area contributed by atoms with Crippen LogP contribution in [0.1, 0.15) is 27.7 Å². The molecule has 1 aromatic heterocycles. The van der Waals surface area contributed by atoms with Crippen molar-refractivity contribution < 1.29 is 23.5 Å². The van der Waals surface area contributed by atoms with Crippen LogP contribution in [0.25, 0.3) is 11.5 Å². The number of hydrogen-bond donors (Lipinski definition) is 2. The summed E-state index contributed by atoms with van der Waals surface area (Å²) in [5.74, 6) is 0.936. The van der Waals surface area contributed by atoms with Crippen molar-refractivity contribution >= 4 is 23.7 Å². The van der Waals surface area contributed by atoms with Gasteiger partial charge in [-0.3, -0.25) is 10.1 Å². The van der Waals surface area contributed by atoms with Gasteiger partial charge in [0, 0.05) is 11.6 Å². The Bertz CT molecular complexity index is 847. The van der Waals surface area contributed by atoms with Crippen LogP contribution in [0.4, 0.5) is 4.79 Å². The van der Waals surface area contributed by atoms with Crippen molar-refractivity contribution in [2.45, 2.75) is 43.7 Å². The van der Waals surface area contributed by atoms with Gasteiger partial charge in [-0.25, -0.2) is 4.79 Å². The lowest BCUT2D eigenvalue weighted by atomic mass is 10.1. The lowest BCUT2D eigenvalue weighted by Crippen LogP contribution is -2.49. The number of carbonyl (C=O) groups excluding carboxylic acids is 2. The number of aromatic nitrogens is 2. The fraction of sp³-hybridized carbons (Fsp3) is 0.444. The third kappa shape index (κ3) is 5.88. The molecule has 3 amide bonds. The van der Waals surface area contributed by atoms with Gasteiger partial charge in [-0.1, -0.05) is 11.8 Å². The maximum Gasteiger partial charge on any atom is 0.321 e. The van der Waals surface area contributed by atoms with Gasteiger partial charge in [-0.15, -0.1) is 10.2 Å². The van der Waals surface area contributed by atoms with Crippen molar-refractivity contribution in [1.82, 2.24) is 20.8 Å². The molecule has 2 N–H and O–H groups in total. The molecule has 2 rings (SSSR count). The molecule has 0 bridgehead atoms. The Morgan fingerprint density at radius 2 is 1.89 bits per heavy atom. The molecule has 9 nitrogen and oxygen atoms in total. The molecule has 0 spiro atoms. The Kier molecular flexibility index (Phi) is 6.90. The lowest BCUT2D eigenvalue weighted by Gasteiger charge is -2.20. The first-order valence-corrected chi connectivity index (χ1v) is 9.36. The Balaban J connectivity index is 2.04. The summed E-state index contributed by atoms with van der Waals surface area (Å²) in [6.07, 6.45) is 0. The molecule has 0 aliphatic rings. The summed E-state index contributed by atoms with van der Waals surface area (Å²) in [7, 11) is 3.09. The van der Waals surface area contributed by atoms with Crippen LogP contribution in [-0.2, 0) is 4.79 Å². The molecule has 10 heteroatoms. The van der Waals surface area contributed by atoms with E-state index in [4.69, 9.17) is 13.9 Å². The summed E-state index contributed by atoms with van der Waals surface area (Å²) < 4.78 is 16.1. The quantitative estimate of drug-likeness (QED) is 0.701. The van der Waals surface area contributed by atoms with Crippen LogP contribution in [0, 0.1) is 0 Å². The molecular weight excluding hydrogens is 384 g/mol. The van der Waals surface area contributed by atoms with Gasteiger partial charge in [0.05, 0.1) is 25.0 Å².